The van der Waals surface area contributed by atoms with Crippen molar-refractivity contribution >= 4 is 11.3 Å². The van der Waals surface area contributed by atoms with Crippen LogP contribution in [0.3, 0.4) is 0 Å². The highest BCUT2D eigenvalue weighted by Gasteiger charge is 2.33. The number of fused-ring (bicyclic) bond motifs is 1. The van der Waals surface area contributed by atoms with Crippen molar-refractivity contribution in [1.29, 1.82) is 0 Å². The largest absolute Gasteiger partial charge is 0.312 e. The molecule has 21 heavy (non-hydrogen) atoms. The first-order chi connectivity index (χ1) is 10.3. The zero-order valence-electron chi connectivity index (χ0n) is 13.7. The van der Waals surface area contributed by atoms with E-state index < -0.39 is 0 Å². The summed E-state index contributed by atoms with van der Waals surface area (Å²) in [5.41, 5.74) is 1.58. The van der Waals surface area contributed by atoms with Crippen LogP contribution in [-0.4, -0.2) is 24.0 Å². The third-order valence-corrected chi connectivity index (χ3v) is 6.45. The third-order valence-electron chi connectivity index (χ3n) is 5.35. The Bertz CT molecular complexity index is 452. The minimum atomic E-state index is 0.879. The smallest absolute Gasteiger partial charge is 0.0299 e. The number of nitrogens with one attached hydrogen (secondary N) is 1. The molecule has 1 aliphatic heterocycles. The summed E-state index contributed by atoms with van der Waals surface area (Å²) in [6, 6.07) is 3.33. The van der Waals surface area contributed by atoms with E-state index in [1.54, 1.807) is 5.56 Å². The Morgan fingerprint density at radius 3 is 2.90 bits per heavy atom. The lowest BCUT2D eigenvalue weighted by molar-refractivity contribution is 0.0546. The van der Waals surface area contributed by atoms with Crippen LogP contribution >= 0.6 is 11.3 Å². The predicted molar refractivity (Wildman–Crippen MR) is 91.8 cm³/mol. The Morgan fingerprint density at radius 1 is 1.24 bits per heavy atom. The molecule has 0 radical (unpaired) electrons. The van der Waals surface area contributed by atoms with E-state index in [4.69, 9.17) is 0 Å². The van der Waals surface area contributed by atoms with Crippen molar-refractivity contribution < 1.29 is 0 Å². The average molecular weight is 307 g/mol. The Labute approximate surface area is 133 Å². The first-order valence-electron chi connectivity index (χ1n) is 8.81. The van der Waals surface area contributed by atoms with Gasteiger partial charge in [-0.1, -0.05) is 19.8 Å². The molecule has 2 fully saturated rings. The first kappa shape index (κ1) is 15.5. The lowest BCUT2D eigenvalue weighted by Gasteiger charge is -2.44. The molecule has 2 heterocycles. The molecular weight excluding hydrogens is 276 g/mol. The molecule has 2 aliphatic rings. The van der Waals surface area contributed by atoms with Gasteiger partial charge in [0.05, 0.1) is 0 Å². The van der Waals surface area contributed by atoms with Crippen molar-refractivity contribution in [2.24, 2.45) is 5.92 Å². The number of hydrogen-bond acceptors (Lipinski definition) is 3. The lowest BCUT2D eigenvalue weighted by atomic mass is 9.78. The molecule has 2 atom stereocenters. The molecule has 0 bridgehead atoms. The van der Waals surface area contributed by atoms with Gasteiger partial charge in [-0.2, -0.15) is 0 Å². The van der Waals surface area contributed by atoms with Gasteiger partial charge in [0, 0.05) is 28.9 Å². The Kier molecular flexibility index (Phi) is 5.36. The molecule has 0 amide bonds. The fraction of sp³-hybridized carbons (Fsp3) is 0.778. The molecule has 0 unspecified atom stereocenters. The SMILES string of the molecule is CCNCc1cc(CN2CCC[C@H]3CCCC[C@H]32)c(C)s1. The molecule has 0 aromatic carbocycles. The average Bonchev–Trinajstić information content (AvgIpc) is 2.86. The van der Waals surface area contributed by atoms with Gasteiger partial charge in [-0.25, -0.2) is 0 Å². The summed E-state index contributed by atoms with van der Waals surface area (Å²) in [6.07, 6.45) is 8.74. The van der Waals surface area contributed by atoms with Gasteiger partial charge in [0.25, 0.3) is 0 Å². The van der Waals surface area contributed by atoms with Crippen LogP contribution in [0.1, 0.15) is 60.8 Å². The molecule has 1 aliphatic carbocycles. The van der Waals surface area contributed by atoms with Crippen molar-refractivity contribution in [3.63, 3.8) is 0 Å². The molecule has 2 nitrogen and oxygen atoms in total. The maximum absolute atomic E-state index is 3.45. The van der Waals surface area contributed by atoms with Crippen LogP contribution < -0.4 is 5.32 Å². The number of rotatable bonds is 5. The summed E-state index contributed by atoms with van der Waals surface area (Å²) in [5.74, 6) is 0.993. The molecular formula is C18H30N2S. The van der Waals surface area contributed by atoms with E-state index in [0.717, 1.165) is 25.0 Å². The summed E-state index contributed by atoms with van der Waals surface area (Å²) in [6.45, 7) is 9.08. The first-order valence-corrected chi connectivity index (χ1v) is 9.62. The summed E-state index contributed by atoms with van der Waals surface area (Å²) in [4.78, 5) is 5.83. The number of thiophene rings is 1. The van der Waals surface area contributed by atoms with Crippen LogP contribution in [0, 0.1) is 12.8 Å². The second-order valence-electron chi connectivity index (χ2n) is 6.80. The van der Waals surface area contributed by atoms with Crippen molar-refractivity contribution in [1.82, 2.24) is 10.2 Å². The standard InChI is InChI=1S/C18H30N2S/c1-3-19-12-17-11-16(14(2)21-17)13-20-10-6-8-15-7-4-5-9-18(15)20/h11,15,18-19H,3-10,12-13H2,1-2H3/t15-,18-/m1/s1. The monoisotopic (exact) mass is 306 g/mol. The van der Waals surface area contributed by atoms with Gasteiger partial charge in [0.2, 0.25) is 0 Å². The van der Waals surface area contributed by atoms with Gasteiger partial charge in [0.15, 0.2) is 0 Å². The third kappa shape index (κ3) is 3.69. The maximum atomic E-state index is 3.45. The predicted octanol–water partition coefficient (Wildman–Crippen LogP) is 4.32. The van der Waals surface area contributed by atoms with E-state index in [9.17, 15) is 0 Å². The molecule has 0 spiro atoms. The van der Waals surface area contributed by atoms with Crippen molar-refractivity contribution in [3.05, 3.63) is 21.4 Å². The summed E-state index contributed by atoms with van der Waals surface area (Å²) in [5, 5.41) is 3.45. The fourth-order valence-electron chi connectivity index (χ4n) is 4.22. The number of aryl methyl sites for hydroxylation is 1. The highest BCUT2D eigenvalue weighted by atomic mass is 32.1. The van der Waals surface area contributed by atoms with Gasteiger partial charge in [-0.05, 0) is 63.2 Å². The van der Waals surface area contributed by atoms with Crippen molar-refractivity contribution in [3.8, 4) is 0 Å². The van der Waals surface area contributed by atoms with Crippen LogP contribution in [0.25, 0.3) is 0 Å². The summed E-state index contributed by atoms with van der Waals surface area (Å²) in [7, 11) is 0. The van der Waals surface area contributed by atoms with Crippen molar-refractivity contribution in [2.45, 2.75) is 71.5 Å². The van der Waals surface area contributed by atoms with E-state index in [2.05, 4.69) is 30.1 Å². The van der Waals surface area contributed by atoms with Crippen LogP contribution in [0.15, 0.2) is 6.07 Å². The minimum Gasteiger partial charge on any atom is -0.312 e. The Balaban J connectivity index is 1.66. The van der Waals surface area contributed by atoms with Gasteiger partial charge in [-0.3, -0.25) is 4.90 Å². The van der Waals surface area contributed by atoms with Gasteiger partial charge in [0.1, 0.15) is 0 Å². The summed E-state index contributed by atoms with van der Waals surface area (Å²) >= 11 is 1.98. The topological polar surface area (TPSA) is 15.3 Å². The number of hydrogen-bond donors (Lipinski definition) is 1. The van der Waals surface area contributed by atoms with Gasteiger partial charge >= 0.3 is 0 Å². The lowest BCUT2D eigenvalue weighted by Crippen LogP contribution is -2.46. The van der Waals surface area contributed by atoms with E-state index in [0.29, 0.717) is 0 Å². The normalized spacial score (nSPS) is 26.8. The van der Waals surface area contributed by atoms with E-state index >= 15 is 0 Å². The molecule has 3 rings (SSSR count). The van der Waals surface area contributed by atoms with Crippen LogP contribution in [0.2, 0.25) is 0 Å². The zero-order valence-corrected chi connectivity index (χ0v) is 14.5. The second kappa shape index (κ2) is 7.26. The molecule has 1 N–H and O–H groups in total. The van der Waals surface area contributed by atoms with E-state index in [1.807, 2.05) is 11.3 Å². The van der Waals surface area contributed by atoms with E-state index in [1.165, 1.54) is 61.4 Å². The minimum absolute atomic E-state index is 0.879. The fourth-order valence-corrected chi connectivity index (χ4v) is 5.25. The molecule has 1 saturated carbocycles. The Hall–Kier alpha value is -0.380. The number of piperidine rings is 1. The van der Waals surface area contributed by atoms with Crippen molar-refractivity contribution in [2.75, 3.05) is 13.1 Å². The quantitative estimate of drug-likeness (QED) is 0.871. The zero-order chi connectivity index (χ0) is 14.7. The van der Waals surface area contributed by atoms with Crippen LogP contribution in [-0.2, 0) is 13.1 Å². The molecule has 1 aromatic rings. The van der Waals surface area contributed by atoms with Crippen LogP contribution in [0.4, 0.5) is 0 Å². The molecule has 118 valence electrons. The van der Waals surface area contributed by atoms with Gasteiger partial charge < -0.3 is 5.32 Å². The van der Waals surface area contributed by atoms with Gasteiger partial charge in [-0.15, -0.1) is 11.3 Å². The highest BCUT2D eigenvalue weighted by molar-refractivity contribution is 7.12. The number of nitrogens with zero attached hydrogens (tertiary/aromatic N) is 1. The molecule has 1 aromatic heterocycles. The van der Waals surface area contributed by atoms with E-state index in [-0.39, 0.29) is 0 Å². The highest BCUT2D eigenvalue weighted by Crippen LogP contribution is 2.36. The summed E-state index contributed by atoms with van der Waals surface area (Å²) < 4.78 is 0. The number of likely N-dealkylation sites (tertiary alicyclic amines) is 1. The van der Waals surface area contributed by atoms with Crippen LogP contribution in [0.5, 0.6) is 0 Å². The second-order valence-corrected chi connectivity index (χ2v) is 8.14. The maximum Gasteiger partial charge on any atom is 0.0299 e. The Morgan fingerprint density at radius 2 is 2.05 bits per heavy atom. The molecule has 1 saturated heterocycles. The molecule has 3 heteroatoms.